The first-order valence-electron chi connectivity index (χ1n) is 5.57. The Morgan fingerprint density at radius 2 is 1.76 bits per heavy atom. The van der Waals surface area contributed by atoms with Crippen molar-refractivity contribution in [2.45, 2.75) is 13.3 Å². The van der Waals surface area contributed by atoms with Gasteiger partial charge in [0.1, 0.15) is 11.5 Å². The number of Topliss-reactive ketones (excluding diaryl/α,β-unsaturated/α-hetero) is 1. The van der Waals surface area contributed by atoms with Crippen LogP contribution in [0.1, 0.15) is 23.7 Å². The first kappa shape index (κ1) is 13.5. The lowest BCUT2D eigenvalue weighted by Gasteiger charge is -2.10. The molecule has 0 aliphatic heterocycles. The van der Waals surface area contributed by atoms with Crippen molar-refractivity contribution >= 4 is 5.78 Å². The minimum absolute atomic E-state index is 0.0557. The van der Waals surface area contributed by atoms with Crippen LogP contribution in [0.4, 0.5) is 0 Å². The van der Waals surface area contributed by atoms with Crippen LogP contribution in [0.5, 0.6) is 11.5 Å². The second-order valence-electron chi connectivity index (χ2n) is 4.07. The van der Waals surface area contributed by atoms with E-state index in [2.05, 4.69) is 0 Å². The summed E-state index contributed by atoms with van der Waals surface area (Å²) in [6, 6.07) is 5.17. The summed E-state index contributed by atoms with van der Waals surface area (Å²) in [6.45, 7) is 2.46. The van der Waals surface area contributed by atoms with E-state index in [0.29, 0.717) is 30.0 Å². The highest BCUT2D eigenvalue weighted by Crippen LogP contribution is 2.23. The maximum Gasteiger partial charge on any atom is 0.163 e. The Labute approximate surface area is 102 Å². The Bertz CT molecular complexity index is 368. The normalized spacial score (nSPS) is 12.0. The van der Waals surface area contributed by atoms with Gasteiger partial charge in [0.2, 0.25) is 0 Å². The summed E-state index contributed by atoms with van der Waals surface area (Å²) in [7, 11) is 3.12. The molecule has 17 heavy (non-hydrogen) atoms. The van der Waals surface area contributed by atoms with Crippen molar-refractivity contribution in [3.8, 4) is 11.5 Å². The molecule has 1 atom stereocenters. The van der Waals surface area contributed by atoms with Crippen LogP contribution in [0.15, 0.2) is 18.2 Å². The van der Waals surface area contributed by atoms with Crippen molar-refractivity contribution in [3.63, 3.8) is 0 Å². The lowest BCUT2D eigenvalue weighted by Crippen LogP contribution is -2.15. The maximum atomic E-state index is 12.0. The van der Waals surface area contributed by atoms with Gasteiger partial charge in [-0.3, -0.25) is 4.79 Å². The molecule has 0 fully saturated rings. The Hall–Kier alpha value is -1.55. The fourth-order valence-electron chi connectivity index (χ4n) is 1.49. The lowest BCUT2D eigenvalue weighted by molar-refractivity contribution is 0.0965. The van der Waals surface area contributed by atoms with Crippen LogP contribution in [0.3, 0.4) is 0 Å². The zero-order chi connectivity index (χ0) is 12.8. The van der Waals surface area contributed by atoms with E-state index in [1.54, 1.807) is 32.4 Å². The van der Waals surface area contributed by atoms with Gasteiger partial charge in [0.15, 0.2) is 5.78 Å². The van der Waals surface area contributed by atoms with E-state index in [-0.39, 0.29) is 11.7 Å². The molecule has 4 nitrogen and oxygen atoms in total. The van der Waals surface area contributed by atoms with E-state index in [1.807, 2.05) is 6.92 Å². The molecule has 0 saturated heterocycles. The fourth-order valence-corrected chi connectivity index (χ4v) is 1.49. The quantitative estimate of drug-likeness (QED) is 0.767. The molecule has 0 spiro atoms. The van der Waals surface area contributed by atoms with Crippen LogP contribution in [0.25, 0.3) is 0 Å². The van der Waals surface area contributed by atoms with E-state index >= 15 is 0 Å². The fraction of sp³-hybridized carbons (Fsp3) is 0.462. The standard InChI is InChI=1S/C13H19NO3/c1-9(8-14)4-13(15)10-5-11(16-2)7-12(6-10)17-3/h5-7,9H,4,8,14H2,1-3H3. The van der Waals surface area contributed by atoms with Crippen molar-refractivity contribution < 1.29 is 14.3 Å². The second-order valence-corrected chi connectivity index (χ2v) is 4.07. The van der Waals surface area contributed by atoms with Gasteiger partial charge in [-0.25, -0.2) is 0 Å². The number of carbonyl (C=O) groups excluding carboxylic acids is 1. The summed E-state index contributed by atoms with van der Waals surface area (Å²) in [5, 5.41) is 0. The van der Waals surface area contributed by atoms with Gasteiger partial charge < -0.3 is 15.2 Å². The number of carbonyl (C=O) groups is 1. The molecule has 1 rings (SSSR count). The van der Waals surface area contributed by atoms with Crippen LogP contribution in [0, 0.1) is 5.92 Å². The molecule has 4 heteroatoms. The number of hydrogen-bond donors (Lipinski definition) is 1. The molecule has 0 aliphatic carbocycles. The van der Waals surface area contributed by atoms with Crippen LogP contribution < -0.4 is 15.2 Å². The third-order valence-corrected chi connectivity index (χ3v) is 2.61. The molecule has 0 aliphatic rings. The highest BCUT2D eigenvalue weighted by Gasteiger charge is 2.12. The number of benzene rings is 1. The summed E-state index contributed by atoms with van der Waals surface area (Å²) in [5.41, 5.74) is 6.11. The van der Waals surface area contributed by atoms with Crippen molar-refractivity contribution in [1.29, 1.82) is 0 Å². The SMILES string of the molecule is COc1cc(OC)cc(C(=O)CC(C)CN)c1. The first-order valence-corrected chi connectivity index (χ1v) is 5.57. The average Bonchev–Trinajstić information content (AvgIpc) is 2.37. The van der Waals surface area contributed by atoms with Crippen LogP contribution in [-0.4, -0.2) is 26.5 Å². The Kier molecular flexibility index (Phi) is 4.97. The molecule has 94 valence electrons. The zero-order valence-corrected chi connectivity index (χ0v) is 10.5. The third-order valence-electron chi connectivity index (χ3n) is 2.61. The predicted octanol–water partition coefficient (Wildman–Crippen LogP) is 1.87. The zero-order valence-electron chi connectivity index (χ0n) is 10.5. The first-order chi connectivity index (χ1) is 8.10. The number of nitrogens with two attached hydrogens (primary N) is 1. The van der Waals surface area contributed by atoms with Gasteiger partial charge in [0.05, 0.1) is 14.2 Å². The van der Waals surface area contributed by atoms with Gasteiger partial charge in [-0.1, -0.05) is 6.92 Å². The summed E-state index contributed by atoms with van der Waals surface area (Å²) in [5.74, 6) is 1.47. The van der Waals surface area contributed by atoms with Gasteiger partial charge in [0.25, 0.3) is 0 Å². The highest BCUT2D eigenvalue weighted by molar-refractivity contribution is 5.97. The second kappa shape index (κ2) is 6.25. The molecule has 0 radical (unpaired) electrons. The number of rotatable bonds is 6. The molecule has 0 aromatic heterocycles. The number of hydrogen-bond acceptors (Lipinski definition) is 4. The number of ketones is 1. The monoisotopic (exact) mass is 237 g/mol. The molecule has 1 unspecified atom stereocenters. The van der Waals surface area contributed by atoms with E-state index in [9.17, 15) is 4.79 Å². The summed E-state index contributed by atoms with van der Waals surface area (Å²) >= 11 is 0. The van der Waals surface area contributed by atoms with E-state index in [0.717, 1.165) is 0 Å². The molecule has 1 aromatic carbocycles. The third kappa shape index (κ3) is 3.75. The number of ether oxygens (including phenoxy) is 2. The molecule has 1 aromatic rings. The van der Waals surface area contributed by atoms with Crippen molar-refractivity contribution in [3.05, 3.63) is 23.8 Å². The Morgan fingerprint density at radius 1 is 1.24 bits per heavy atom. The average molecular weight is 237 g/mol. The number of methoxy groups -OCH3 is 2. The molecule has 2 N–H and O–H groups in total. The van der Waals surface area contributed by atoms with E-state index in [1.165, 1.54) is 0 Å². The summed E-state index contributed by atoms with van der Waals surface area (Å²) < 4.78 is 10.2. The van der Waals surface area contributed by atoms with Gasteiger partial charge in [0, 0.05) is 18.1 Å². The van der Waals surface area contributed by atoms with Crippen LogP contribution in [0.2, 0.25) is 0 Å². The van der Waals surface area contributed by atoms with Gasteiger partial charge in [-0.05, 0) is 24.6 Å². The van der Waals surface area contributed by atoms with Gasteiger partial charge in [-0.2, -0.15) is 0 Å². The molecular formula is C13H19NO3. The van der Waals surface area contributed by atoms with Gasteiger partial charge in [-0.15, -0.1) is 0 Å². The maximum absolute atomic E-state index is 12.0. The minimum atomic E-state index is 0.0557. The topological polar surface area (TPSA) is 61.5 Å². The molecular weight excluding hydrogens is 218 g/mol. The van der Waals surface area contributed by atoms with Gasteiger partial charge >= 0.3 is 0 Å². The summed E-state index contributed by atoms with van der Waals surface area (Å²) in [4.78, 5) is 12.0. The molecule has 0 saturated carbocycles. The van der Waals surface area contributed by atoms with E-state index < -0.39 is 0 Å². The molecule has 0 bridgehead atoms. The highest BCUT2D eigenvalue weighted by atomic mass is 16.5. The Balaban J connectivity index is 2.92. The van der Waals surface area contributed by atoms with Crippen LogP contribution >= 0.6 is 0 Å². The molecule has 0 heterocycles. The van der Waals surface area contributed by atoms with Crippen molar-refractivity contribution in [1.82, 2.24) is 0 Å². The van der Waals surface area contributed by atoms with Crippen LogP contribution in [-0.2, 0) is 0 Å². The van der Waals surface area contributed by atoms with Crippen molar-refractivity contribution in [2.24, 2.45) is 11.7 Å². The minimum Gasteiger partial charge on any atom is -0.497 e. The predicted molar refractivity (Wildman–Crippen MR) is 66.7 cm³/mol. The largest absolute Gasteiger partial charge is 0.497 e. The lowest BCUT2D eigenvalue weighted by atomic mass is 9.99. The van der Waals surface area contributed by atoms with Crippen molar-refractivity contribution in [2.75, 3.05) is 20.8 Å². The summed E-state index contributed by atoms with van der Waals surface area (Å²) in [6.07, 6.45) is 0.437. The molecule has 0 amide bonds. The smallest absolute Gasteiger partial charge is 0.163 e. The van der Waals surface area contributed by atoms with E-state index in [4.69, 9.17) is 15.2 Å². The Morgan fingerprint density at radius 3 is 2.18 bits per heavy atom.